The molecule has 0 unspecified atom stereocenters. The molecule has 0 spiro atoms. The minimum Gasteiger partial charge on any atom is -0.291 e. The highest BCUT2D eigenvalue weighted by Gasteiger charge is 1.93. The highest BCUT2D eigenvalue weighted by molar-refractivity contribution is 8.11. The number of benzene rings is 1. The zero-order valence-corrected chi connectivity index (χ0v) is 6.60. The predicted molar refractivity (Wildman–Crippen MR) is 44.4 cm³/mol. The quantitative estimate of drug-likeness (QED) is 0.647. The van der Waals surface area contributed by atoms with Gasteiger partial charge in [-0.3, -0.25) is 4.79 Å². The van der Waals surface area contributed by atoms with Gasteiger partial charge in [-0.05, 0) is 17.7 Å². The summed E-state index contributed by atoms with van der Waals surface area (Å²) >= 11 is 1.12. The molecule has 0 bridgehead atoms. The number of halogens is 1. The molecule has 3 heteroatoms. The lowest BCUT2D eigenvalue weighted by Gasteiger charge is -1.95. The number of carbonyl (C=O) groups excluding carboxylic acids is 1. The summed E-state index contributed by atoms with van der Waals surface area (Å²) in [5, 5.41) is 0. The molecule has 0 aliphatic rings. The van der Waals surface area contributed by atoms with E-state index in [1.54, 1.807) is 12.1 Å². The highest BCUT2D eigenvalue weighted by Crippen LogP contribution is 2.10. The summed E-state index contributed by atoms with van der Waals surface area (Å²) in [5.41, 5.74) is 1.59. The van der Waals surface area contributed by atoms with Crippen LogP contribution in [0.1, 0.15) is 5.56 Å². The van der Waals surface area contributed by atoms with E-state index in [4.69, 9.17) is 0 Å². The van der Waals surface area contributed by atoms with Crippen LogP contribution < -0.4 is 0 Å². The van der Waals surface area contributed by atoms with Crippen molar-refractivity contribution in [2.75, 3.05) is 0 Å². The van der Waals surface area contributed by atoms with Crippen molar-refractivity contribution in [2.45, 2.75) is 5.75 Å². The first-order valence-corrected chi connectivity index (χ1v) is 4.17. The van der Waals surface area contributed by atoms with Crippen LogP contribution in [0.3, 0.4) is 0 Å². The molecule has 1 aromatic carbocycles. The Labute approximate surface area is 68.6 Å². The average molecular weight is 170 g/mol. The second kappa shape index (κ2) is 4.13. The minimum absolute atomic E-state index is 0.256. The van der Waals surface area contributed by atoms with Crippen molar-refractivity contribution in [1.29, 1.82) is 0 Å². The fourth-order valence-electron chi connectivity index (χ4n) is 0.757. The Morgan fingerprint density at radius 2 is 2.36 bits per heavy atom. The van der Waals surface area contributed by atoms with Crippen molar-refractivity contribution >= 4 is 17.4 Å². The standard InChI is InChI=1S/C8H7FOS/c9-8-3-1-2-7(4-8)5-11-6-10/h1-4,6H,5H2. The predicted octanol–water partition coefficient (Wildman–Crippen LogP) is 2.25. The summed E-state index contributed by atoms with van der Waals surface area (Å²) in [5.74, 6) is 0.287. The zero-order chi connectivity index (χ0) is 8.10. The van der Waals surface area contributed by atoms with Crippen molar-refractivity contribution in [3.63, 3.8) is 0 Å². The van der Waals surface area contributed by atoms with E-state index in [2.05, 4.69) is 0 Å². The van der Waals surface area contributed by atoms with Crippen LogP contribution in [0.25, 0.3) is 0 Å². The van der Waals surface area contributed by atoms with E-state index in [1.165, 1.54) is 12.1 Å². The Morgan fingerprint density at radius 1 is 1.55 bits per heavy atom. The maximum absolute atomic E-state index is 12.5. The van der Waals surface area contributed by atoms with Crippen LogP contribution in [-0.2, 0) is 10.5 Å². The van der Waals surface area contributed by atoms with E-state index in [0.717, 1.165) is 22.9 Å². The van der Waals surface area contributed by atoms with E-state index >= 15 is 0 Å². The van der Waals surface area contributed by atoms with Gasteiger partial charge in [0.1, 0.15) is 5.82 Å². The second-order valence-corrected chi connectivity index (χ2v) is 2.85. The van der Waals surface area contributed by atoms with Crippen LogP contribution in [-0.4, -0.2) is 5.62 Å². The molecule has 0 N–H and O–H groups in total. The van der Waals surface area contributed by atoms with Gasteiger partial charge in [-0.15, -0.1) is 0 Å². The van der Waals surface area contributed by atoms with Gasteiger partial charge >= 0.3 is 0 Å². The molecule has 58 valence electrons. The monoisotopic (exact) mass is 170 g/mol. The summed E-state index contributed by atoms with van der Waals surface area (Å²) in [6, 6.07) is 6.24. The first-order valence-electron chi connectivity index (χ1n) is 3.12. The van der Waals surface area contributed by atoms with Crippen LogP contribution in [0, 0.1) is 5.82 Å². The molecule has 0 fully saturated rings. The summed E-state index contributed by atoms with van der Waals surface area (Å²) in [7, 11) is 0. The van der Waals surface area contributed by atoms with E-state index in [9.17, 15) is 9.18 Å². The molecule has 0 heterocycles. The van der Waals surface area contributed by atoms with Crippen molar-refractivity contribution in [3.05, 3.63) is 35.6 Å². The third-order valence-electron chi connectivity index (χ3n) is 1.21. The third-order valence-corrected chi connectivity index (χ3v) is 1.84. The van der Waals surface area contributed by atoms with Crippen LogP contribution in [0.15, 0.2) is 24.3 Å². The van der Waals surface area contributed by atoms with Gasteiger partial charge in [0.15, 0.2) is 5.62 Å². The van der Waals surface area contributed by atoms with Gasteiger partial charge in [0.25, 0.3) is 0 Å². The molecule has 0 aliphatic carbocycles. The molecule has 11 heavy (non-hydrogen) atoms. The lowest BCUT2D eigenvalue weighted by atomic mass is 10.2. The number of hydrogen-bond acceptors (Lipinski definition) is 2. The summed E-state index contributed by atoms with van der Waals surface area (Å²) in [6.45, 7) is 0. The summed E-state index contributed by atoms with van der Waals surface area (Å²) in [6.07, 6.45) is 0. The molecule has 0 aromatic heterocycles. The normalized spacial score (nSPS) is 9.55. The molecule has 0 amide bonds. The van der Waals surface area contributed by atoms with Gasteiger partial charge in [0.05, 0.1) is 0 Å². The van der Waals surface area contributed by atoms with Crippen molar-refractivity contribution in [2.24, 2.45) is 0 Å². The smallest absolute Gasteiger partial charge is 0.176 e. The van der Waals surface area contributed by atoms with Crippen molar-refractivity contribution < 1.29 is 9.18 Å². The maximum Gasteiger partial charge on any atom is 0.176 e. The van der Waals surface area contributed by atoms with Gasteiger partial charge in [-0.25, -0.2) is 4.39 Å². The lowest BCUT2D eigenvalue weighted by molar-refractivity contribution is 0.570. The third kappa shape index (κ3) is 2.72. The zero-order valence-electron chi connectivity index (χ0n) is 5.79. The van der Waals surface area contributed by atoms with Gasteiger partial charge in [0, 0.05) is 5.75 Å². The number of rotatable bonds is 3. The maximum atomic E-state index is 12.5. The minimum atomic E-state index is -0.256. The number of hydrogen-bond donors (Lipinski definition) is 0. The van der Waals surface area contributed by atoms with Crippen LogP contribution in [0.5, 0.6) is 0 Å². The molecule has 1 aromatic rings. The first-order chi connectivity index (χ1) is 5.33. The van der Waals surface area contributed by atoms with E-state index < -0.39 is 0 Å². The van der Waals surface area contributed by atoms with Gasteiger partial charge < -0.3 is 0 Å². The Kier molecular flexibility index (Phi) is 3.11. The lowest BCUT2D eigenvalue weighted by Crippen LogP contribution is -1.81. The molecule has 0 aliphatic heterocycles. The Bertz CT molecular complexity index is 250. The average Bonchev–Trinajstić information content (AvgIpc) is 2.01. The van der Waals surface area contributed by atoms with Gasteiger partial charge in [0.2, 0.25) is 0 Å². The van der Waals surface area contributed by atoms with E-state index in [-0.39, 0.29) is 5.82 Å². The first kappa shape index (κ1) is 8.27. The largest absolute Gasteiger partial charge is 0.291 e. The second-order valence-electron chi connectivity index (χ2n) is 2.04. The molecule has 0 saturated heterocycles. The Morgan fingerprint density at radius 3 is 3.00 bits per heavy atom. The topological polar surface area (TPSA) is 17.1 Å². The number of carbonyl (C=O) groups is 1. The van der Waals surface area contributed by atoms with Gasteiger partial charge in [-0.1, -0.05) is 23.9 Å². The SMILES string of the molecule is O=CSCc1cccc(F)c1. The Balaban J connectivity index is 2.63. The van der Waals surface area contributed by atoms with E-state index in [0.29, 0.717) is 5.75 Å². The summed E-state index contributed by atoms with van der Waals surface area (Å²) < 4.78 is 12.5. The molecular formula is C8H7FOS. The molecule has 0 atom stereocenters. The fraction of sp³-hybridized carbons (Fsp3) is 0.125. The summed E-state index contributed by atoms with van der Waals surface area (Å²) in [4.78, 5) is 9.93. The van der Waals surface area contributed by atoms with Crippen molar-refractivity contribution in [1.82, 2.24) is 0 Å². The van der Waals surface area contributed by atoms with E-state index in [1.807, 2.05) is 0 Å². The molecular weight excluding hydrogens is 163 g/mol. The molecule has 1 rings (SSSR count). The molecule has 1 nitrogen and oxygen atoms in total. The van der Waals surface area contributed by atoms with Crippen molar-refractivity contribution in [3.8, 4) is 0 Å². The molecule has 0 saturated carbocycles. The van der Waals surface area contributed by atoms with Crippen LogP contribution >= 0.6 is 11.8 Å². The number of thioether (sulfide) groups is 1. The fourth-order valence-corrected chi connectivity index (χ4v) is 1.20. The Hall–Kier alpha value is -0.830. The molecule has 0 radical (unpaired) electrons. The van der Waals surface area contributed by atoms with Crippen LogP contribution in [0.2, 0.25) is 0 Å². The van der Waals surface area contributed by atoms with Gasteiger partial charge in [-0.2, -0.15) is 0 Å². The highest BCUT2D eigenvalue weighted by atomic mass is 32.2. The van der Waals surface area contributed by atoms with Crippen LogP contribution in [0.4, 0.5) is 4.39 Å².